The molecule has 0 spiro atoms. The molecule has 5 heteroatoms. The van der Waals surface area contributed by atoms with E-state index < -0.39 is 0 Å². The van der Waals surface area contributed by atoms with Gasteiger partial charge >= 0.3 is 0 Å². The van der Waals surface area contributed by atoms with Crippen LogP contribution in [0.15, 0.2) is 12.1 Å². The summed E-state index contributed by atoms with van der Waals surface area (Å²) >= 11 is 0. The second-order valence-electron chi connectivity index (χ2n) is 4.29. The molecule has 2 aromatic rings. The summed E-state index contributed by atoms with van der Waals surface area (Å²) in [7, 11) is 2.19. The predicted octanol–water partition coefficient (Wildman–Crippen LogP) is 2.23. The molecule has 0 radical (unpaired) electrons. The van der Waals surface area contributed by atoms with Crippen molar-refractivity contribution in [2.24, 2.45) is 0 Å². The zero-order valence-electron chi connectivity index (χ0n) is 10.1. The number of rotatable bonds is 4. The molecule has 0 aliphatic carbocycles. The topological polar surface area (TPSA) is 47.8 Å². The molecular weight excluding hydrogens is 233 g/mol. The van der Waals surface area contributed by atoms with Crippen LogP contribution in [0.2, 0.25) is 0 Å². The van der Waals surface area contributed by atoms with Crippen molar-refractivity contribution in [1.29, 1.82) is 0 Å². The third kappa shape index (κ3) is 2.89. The molecule has 4 nitrogen and oxygen atoms in total. The molecule has 1 atom stereocenters. The Morgan fingerprint density at radius 3 is 2.24 bits per heavy atom. The van der Waals surface area contributed by atoms with Gasteiger partial charge in [-0.2, -0.15) is 15.0 Å². The molecular formula is C12H16N3OP. The number of aromatic nitrogens is 3. The van der Waals surface area contributed by atoms with Crippen LogP contribution in [0.1, 0.15) is 24.0 Å². The third-order valence-electron chi connectivity index (χ3n) is 2.82. The van der Waals surface area contributed by atoms with Crippen LogP contribution in [0.3, 0.4) is 0 Å². The maximum absolute atomic E-state index is 10.8. The molecule has 0 bridgehead atoms. The predicted molar refractivity (Wildman–Crippen MR) is 71.0 cm³/mol. The van der Waals surface area contributed by atoms with Crippen LogP contribution < -0.4 is 0 Å². The molecule has 0 N–H and O–H groups in total. The van der Waals surface area contributed by atoms with Crippen LogP contribution in [-0.2, 0) is 11.3 Å². The summed E-state index contributed by atoms with van der Waals surface area (Å²) in [5.74, 6) is 0. The smallest absolute Gasteiger partial charge is 0.148 e. The first kappa shape index (κ1) is 12.2. The van der Waals surface area contributed by atoms with Gasteiger partial charge in [-0.15, -0.1) is 0 Å². The van der Waals surface area contributed by atoms with E-state index in [1.807, 2.05) is 0 Å². The van der Waals surface area contributed by atoms with Crippen molar-refractivity contribution in [1.82, 2.24) is 15.0 Å². The summed E-state index contributed by atoms with van der Waals surface area (Å²) < 4.78 is 0. The monoisotopic (exact) mass is 249 g/mol. The van der Waals surface area contributed by atoms with Crippen molar-refractivity contribution in [3.05, 3.63) is 23.3 Å². The number of hydrogen-bond acceptors (Lipinski definition) is 3. The highest BCUT2D eigenvalue weighted by Crippen LogP contribution is 2.15. The van der Waals surface area contributed by atoms with Crippen LogP contribution in [0.5, 0.6) is 0 Å². The van der Waals surface area contributed by atoms with Gasteiger partial charge in [0.15, 0.2) is 0 Å². The Balaban J connectivity index is 2.17. The summed E-state index contributed by atoms with van der Waals surface area (Å²) in [6.07, 6.45) is 1.34. The molecule has 0 fully saturated rings. The maximum atomic E-state index is 10.8. The zero-order chi connectivity index (χ0) is 12.4. The molecule has 0 aliphatic rings. The van der Waals surface area contributed by atoms with Gasteiger partial charge in [-0.25, -0.2) is 0 Å². The van der Waals surface area contributed by atoms with Crippen molar-refractivity contribution < 1.29 is 4.79 Å². The zero-order valence-corrected chi connectivity index (χ0v) is 11.3. The van der Waals surface area contributed by atoms with Gasteiger partial charge in [0.1, 0.15) is 16.6 Å². The summed E-state index contributed by atoms with van der Waals surface area (Å²) in [6.45, 7) is 4.83. The van der Waals surface area contributed by atoms with Crippen LogP contribution in [0.4, 0.5) is 0 Å². The first-order valence-corrected chi connectivity index (χ1v) is 6.24. The van der Waals surface area contributed by atoms with E-state index in [1.54, 1.807) is 4.80 Å². The summed E-state index contributed by atoms with van der Waals surface area (Å²) in [5.41, 5.74) is 4.43. The largest absolute Gasteiger partial charge is 0.295 e. The fourth-order valence-corrected chi connectivity index (χ4v) is 1.92. The van der Waals surface area contributed by atoms with Crippen LogP contribution in [-0.4, -0.2) is 20.5 Å². The Bertz CT molecular complexity index is 523. The van der Waals surface area contributed by atoms with Crippen molar-refractivity contribution >= 4 is 25.8 Å². The van der Waals surface area contributed by atoms with E-state index >= 15 is 0 Å². The second-order valence-corrected chi connectivity index (χ2v) is 4.93. The van der Waals surface area contributed by atoms with Crippen molar-refractivity contribution in [3.8, 4) is 0 Å². The Morgan fingerprint density at radius 2 is 1.76 bits per heavy atom. The van der Waals surface area contributed by atoms with Gasteiger partial charge in [0, 0.05) is 6.42 Å². The number of aryl methyl sites for hydroxylation is 3. The number of carbonyl (C=O) groups excluding carboxylic acids is 1. The summed E-state index contributed by atoms with van der Waals surface area (Å²) in [6, 6.07) is 4.10. The van der Waals surface area contributed by atoms with Crippen LogP contribution in [0, 0.1) is 13.8 Å². The molecule has 0 amide bonds. The van der Waals surface area contributed by atoms with Crippen molar-refractivity contribution in [2.75, 3.05) is 0 Å². The van der Waals surface area contributed by atoms with Crippen molar-refractivity contribution in [2.45, 2.75) is 33.2 Å². The quantitative estimate of drug-likeness (QED) is 0.781. The minimum Gasteiger partial charge on any atom is -0.295 e. The number of hydrogen-bond donors (Lipinski definition) is 0. The number of nitrogens with zero attached hydrogens (tertiary/aromatic N) is 3. The third-order valence-corrected chi connectivity index (χ3v) is 3.11. The molecule has 1 unspecified atom stereocenters. The van der Waals surface area contributed by atoms with E-state index in [0.717, 1.165) is 17.5 Å². The van der Waals surface area contributed by atoms with E-state index in [-0.39, 0.29) is 5.52 Å². The number of benzene rings is 1. The molecule has 17 heavy (non-hydrogen) atoms. The average Bonchev–Trinajstić information content (AvgIpc) is 2.60. The van der Waals surface area contributed by atoms with Crippen LogP contribution in [0.25, 0.3) is 11.0 Å². The van der Waals surface area contributed by atoms with E-state index in [2.05, 4.69) is 45.4 Å². The second kappa shape index (κ2) is 4.92. The molecule has 90 valence electrons. The number of carbonyl (C=O) groups is 1. The molecule has 0 saturated carbocycles. The van der Waals surface area contributed by atoms with E-state index in [1.165, 1.54) is 11.1 Å². The van der Waals surface area contributed by atoms with Gasteiger partial charge in [-0.1, -0.05) is 9.24 Å². The summed E-state index contributed by atoms with van der Waals surface area (Å²) in [5, 5.41) is 8.80. The van der Waals surface area contributed by atoms with Crippen LogP contribution >= 0.6 is 9.24 Å². The van der Waals surface area contributed by atoms with Gasteiger partial charge in [-0.05, 0) is 43.5 Å². The highest BCUT2D eigenvalue weighted by Gasteiger charge is 2.05. The fraction of sp³-hybridized carbons (Fsp3) is 0.417. The Morgan fingerprint density at radius 1 is 1.24 bits per heavy atom. The standard InChI is InChI=1S/C12H16N3OP/c1-8-6-10-11(7-9(8)2)14-15(13-10)5-3-4-12(16)17/h6-7H,3-5,17H2,1-2H3. The lowest BCUT2D eigenvalue weighted by Gasteiger charge is -1.96. The minimum absolute atomic E-state index is 0.133. The lowest BCUT2D eigenvalue weighted by molar-refractivity contribution is -0.111. The molecule has 0 aliphatic heterocycles. The Hall–Kier alpha value is -1.28. The average molecular weight is 249 g/mol. The van der Waals surface area contributed by atoms with Gasteiger partial charge in [-0.3, -0.25) is 4.79 Å². The molecule has 0 saturated heterocycles. The Kier molecular flexibility index (Phi) is 3.53. The Labute approximate surface area is 103 Å². The highest BCUT2D eigenvalue weighted by molar-refractivity contribution is 7.40. The SMILES string of the molecule is Cc1cc2nn(CCCC(=O)P)nc2cc1C. The van der Waals surface area contributed by atoms with E-state index in [4.69, 9.17) is 0 Å². The lowest BCUT2D eigenvalue weighted by Crippen LogP contribution is -2.03. The molecule has 1 aromatic heterocycles. The van der Waals surface area contributed by atoms with Gasteiger partial charge < -0.3 is 0 Å². The highest BCUT2D eigenvalue weighted by atomic mass is 31.0. The van der Waals surface area contributed by atoms with E-state index in [9.17, 15) is 4.79 Å². The van der Waals surface area contributed by atoms with Crippen molar-refractivity contribution in [3.63, 3.8) is 0 Å². The normalized spacial score (nSPS) is 11.0. The lowest BCUT2D eigenvalue weighted by atomic mass is 10.1. The summed E-state index contributed by atoms with van der Waals surface area (Å²) in [4.78, 5) is 12.5. The molecule has 1 heterocycles. The van der Waals surface area contributed by atoms with Gasteiger partial charge in [0.2, 0.25) is 0 Å². The van der Waals surface area contributed by atoms with E-state index in [0.29, 0.717) is 13.0 Å². The maximum Gasteiger partial charge on any atom is 0.148 e. The first-order valence-electron chi connectivity index (χ1n) is 5.66. The minimum atomic E-state index is 0.133. The van der Waals surface area contributed by atoms with Gasteiger partial charge in [0.05, 0.1) is 6.54 Å². The molecule has 2 rings (SSSR count). The molecule has 1 aromatic carbocycles. The number of fused-ring (bicyclic) bond motifs is 1. The first-order chi connectivity index (χ1) is 8.06. The fourth-order valence-electron chi connectivity index (χ4n) is 1.71. The van der Waals surface area contributed by atoms with Gasteiger partial charge in [0.25, 0.3) is 0 Å².